The zero-order valence-electron chi connectivity index (χ0n) is 12.4. The zero-order chi connectivity index (χ0) is 14.4. The summed E-state index contributed by atoms with van der Waals surface area (Å²) in [5, 5.41) is 10.4. The van der Waals surface area contributed by atoms with Gasteiger partial charge in [-0.2, -0.15) is 0 Å². The molecule has 0 heterocycles. The molecular weight excluding hydrogens is 314 g/mol. The minimum Gasteiger partial charge on any atom is -0.388 e. The summed E-state index contributed by atoms with van der Waals surface area (Å²) in [5.74, 6) is 0. The van der Waals surface area contributed by atoms with E-state index in [1.165, 1.54) is 32.1 Å². The van der Waals surface area contributed by atoms with E-state index in [1.807, 2.05) is 24.3 Å². The van der Waals surface area contributed by atoms with Gasteiger partial charge >= 0.3 is 0 Å². The second-order valence-corrected chi connectivity index (χ2v) is 6.60. The van der Waals surface area contributed by atoms with Crippen LogP contribution in [0.3, 0.4) is 0 Å². The molecule has 1 N–H and O–H groups in total. The summed E-state index contributed by atoms with van der Waals surface area (Å²) in [5.41, 5.74) is 1.01. The van der Waals surface area contributed by atoms with Gasteiger partial charge in [0.05, 0.1) is 6.10 Å². The van der Waals surface area contributed by atoms with Crippen molar-refractivity contribution in [2.75, 3.05) is 13.1 Å². The Morgan fingerprint density at radius 2 is 1.95 bits per heavy atom. The molecule has 0 aliphatic heterocycles. The molecule has 0 aromatic heterocycles. The molecule has 1 saturated carbocycles. The molecule has 0 spiro atoms. The van der Waals surface area contributed by atoms with Crippen LogP contribution in [0.25, 0.3) is 0 Å². The molecule has 3 heteroatoms. The van der Waals surface area contributed by atoms with E-state index in [1.54, 1.807) is 0 Å². The standard InChI is InChI=1S/C17H26BrNO/c1-2-19(14-8-4-3-5-9-14)13-12-17(20)15-10-6-7-11-16(15)18/h6-7,10-11,14,17,20H,2-5,8-9,12-13H2,1H3. The Labute approximate surface area is 131 Å². The second kappa shape index (κ2) is 8.16. The van der Waals surface area contributed by atoms with Crippen LogP contribution in [0.1, 0.15) is 57.1 Å². The van der Waals surface area contributed by atoms with E-state index in [0.717, 1.165) is 35.6 Å². The number of halogens is 1. The van der Waals surface area contributed by atoms with Gasteiger partial charge < -0.3 is 10.0 Å². The van der Waals surface area contributed by atoms with Crippen molar-refractivity contribution in [2.24, 2.45) is 0 Å². The maximum atomic E-state index is 10.4. The second-order valence-electron chi connectivity index (χ2n) is 5.75. The molecule has 1 atom stereocenters. The van der Waals surface area contributed by atoms with Crippen LogP contribution in [-0.2, 0) is 0 Å². The molecule has 0 radical (unpaired) electrons. The van der Waals surface area contributed by atoms with Crippen molar-refractivity contribution in [1.82, 2.24) is 4.90 Å². The molecule has 1 aliphatic carbocycles. The average Bonchev–Trinajstić information content (AvgIpc) is 2.49. The highest BCUT2D eigenvalue weighted by Gasteiger charge is 2.21. The number of rotatable bonds is 6. The van der Waals surface area contributed by atoms with Gasteiger partial charge in [0.1, 0.15) is 0 Å². The minimum absolute atomic E-state index is 0.372. The van der Waals surface area contributed by atoms with E-state index in [2.05, 4.69) is 27.8 Å². The fraction of sp³-hybridized carbons (Fsp3) is 0.647. The summed E-state index contributed by atoms with van der Waals surface area (Å²) in [6.45, 7) is 4.32. The highest BCUT2D eigenvalue weighted by Crippen LogP contribution is 2.27. The SMILES string of the molecule is CCN(CCC(O)c1ccccc1Br)C1CCCCC1. The van der Waals surface area contributed by atoms with E-state index in [9.17, 15) is 5.11 Å². The number of benzene rings is 1. The molecule has 1 aliphatic rings. The average molecular weight is 340 g/mol. The van der Waals surface area contributed by atoms with Gasteiger partial charge in [0.2, 0.25) is 0 Å². The number of hydrogen-bond donors (Lipinski definition) is 1. The Morgan fingerprint density at radius 3 is 2.60 bits per heavy atom. The minimum atomic E-state index is -0.372. The molecule has 112 valence electrons. The maximum Gasteiger partial charge on any atom is 0.0813 e. The Bertz CT molecular complexity index is 404. The lowest BCUT2D eigenvalue weighted by molar-refractivity contribution is 0.112. The first-order valence-corrected chi connectivity index (χ1v) is 8.68. The van der Waals surface area contributed by atoms with Crippen molar-refractivity contribution in [2.45, 2.75) is 57.6 Å². The molecule has 0 saturated heterocycles. The molecule has 2 rings (SSSR count). The quantitative estimate of drug-likeness (QED) is 0.823. The number of nitrogens with zero attached hydrogens (tertiary/aromatic N) is 1. The summed E-state index contributed by atoms with van der Waals surface area (Å²) >= 11 is 3.52. The molecule has 1 unspecified atom stereocenters. The van der Waals surface area contributed by atoms with Crippen LogP contribution in [0, 0.1) is 0 Å². The first kappa shape index (κ1) is 16.0. The lowest BCUT2D eigenvalue weighted by Crippen LogP contribution is -2.37. The van der Waals surface area contributed by atoms with Crippen molar-refractivity contribution < 1.29 is 5.11 Å². The fourth-order valence-electron chi connectivity index (χ4n) is 3.23. The van der Waals surface area contributed by atoms with Crippen LogP contribution in [0.4, 0.5) is 0 Å². The Hall–Kier alpha value is -0.380. The van der Waals surface area contributed by atoms with E-state index in [-0.39, 0.29) is 6.10 Å². The highest BCUT2D eigenvalue weighted by atomic mass is 79.9. The molecular formula is C17H26BrNO. The molecule has 1 fully saturated rings. The van der Waals surface area contributed by atoms with Crippen LogP contribution in [-0.4, -0.2) is 29.1 Å². The van der Waals surface area contributed by atoms with Crippen molar-refractivity contribution in [3.05, 3.63) is 34.3 Å². The molecule has 20 heavy (non-hydrogen) atoms. The molecule has 0 bridgehead atoms. The normalized spacial score (nSPS) is 18.4. The van der Waals surface area contributed by atoms with Gasteiger partial charge in [-0.3, -0.25) is 0 Å². The Morgan fingerprint density at radius 1 is 1.25 bits per heavy atom. The lowest BCUT2D eigenvalue weighted by atomic mass is 9.94. The van der Waals surface area contributed by atoms with Crippen LogP contribution in [0.2, 0.25) is 0 Å². The fourth-order valence-corrected chi connectivity index (χ4v) is 3.78. The van der Waals surface area contributed by atoms with Crippen LogP contribution < -0.4 is 0 Å². The predicted molar refractivity (Wildman–Crippen MR) is 87.8 cm³/mol. The third-order valence-corrected chi connectivity index (χ3v) is 5.17. The zero-order valence-corrected chi connectivity index (χ0v) is 14.0. The number of hydrogen-bond acceptors (Lipinski definition) is 2. The van der Waals surface area contributed by atoms with Crippen LogP contribution in [0.5, 0.6) is 0 Å². The lowest BCUT2D eigenvalue weighted by Gasteiger charge is -2.34. The third-order valence-electron chi connectivity index (χ3n) is 4.45. The Balaban J connectivity index is 1.87. The van der Waals surface area contributed by atoms with Gasteiger partial charge in [0, 0.05) is 17.1 Å². The van der Waals surface area contributed by atoms with Gasteiger partial charge in [0.25, 0.3) is 0 Å². The van der Waals surface area contributed by atoms with E-state index in [0.29, 0.717) is 0 Å². The van der Waals surface area contributed by atoms with Crippen molar-refractivity contribution in [3.63, 3.8) is 0 Å². The first-order chi connectivity index (χ1) is 9.72. The van der Waals surface area contributed by atoms with Crippen LogP contribution >= 0.6 is 15.9 Å². The van der Waals surface area contributed by atoms with Gasteiger partial charge in [-0.15, -0.1) is 0 Å². The summed E-state index contributed by atoms with van der Waals surface area (Å²) in [4.78, 5) is 2.55. The third kappa shape index (κ3) is 4.31. The summed E-state index contributed by atoms with van der Waals surface area (Å²) in [7, 11) is 0. The van der Waals surface area contributed by atoms with E-state index in [4.69, 9.17) is 0 Å². The molecule has 1 aromatic rings. The summed E-state index contributed by atoms with van der Waals surface area (Å²) in [6, 6.07) is 8.71. The largest absolute Gasteiger partial charge is 0.388 e. The van der Waals surface area contributed by atoms with Gasteiger partial charge in [-0.25, -0.2) is 0 Å². The van der Waals surface area contributed by atoms with Crippen LogP contribution in [0.15, 0.2) is 28.7 Å². The highest BCUT2D eigenvalue weighted by molar-refractivity contribution is 9.10. The summed E-state index contributed by atoms with van der Waals surface area (Å²) < 4.78 is 1.01. The van der Waals surface area contributed by atoms with Crippen molar-refractivity contribution in [1.29, 1.82) is 0 Å². The van der Waals surface area contributed by atoms with Crippen molar-refractivity contribution in [3.8, 4) is 0 Å². The number of aliphatic hydroxyl groups is 1. The first-order valence-electron chi connectivity index (χ1n) is 7.89. The molecule has 0 amide bonds. The van der Waals surface area contributed by atoms with Gasteiger partial charge in [-0.1, -0.05) is 60.3 Å². The van der Waals surface area contributed by atoms with Gasteiger partial charge in [-0.05, 0) is 37.4 Å². The topological polar surface area (TPSA) is 23.5 Å². The molecule has 1 aromatic carbocycles. The smallest absolute Gasteiger partial charge is 0.0813 e. The summed E-state index contributed by atoms with van der Waals surface area (Å²) in [6.07, 6.45) is 7.24. The molecule has 2 nitrogen and oxygen atoms in total. The van der Waals surface area contributed by atoms with Crippen molar-refractivity contribution >= 4 is 15.9 Å². The Kier molecular flexibility index (Phi) is 6.53. The maximum absolute atomic E-state index is 10.4. The van der Waals surface area contributed by atoms with Gasteiger partial charge in [0.15, 0.2) is 0 Å². The van der Waals surface area contributed by atoms with E-state index < -0.39 is 0 Å². The predicted octanol–water partition coefficient (Wildman–Crippen LogP) is 4.53. The monoisotopic (exact) mass is 339 g/mol. The van der Waals surface area contributed by atoms with E-state index >= 15 is 0 Å². The number of aliphatic hydroxyl groups excluding tert-OH is 1.